The fraction of sp³-hybridized carbons (Fsp3) is 1.00. The molecule has 130 valence electrons. The molecule has 6 heteroatoms. The second-order valence-electron chi connectivity index (χ2n) is 4.99. The zero-order valence-electron chi connectivity index (χ0n) is 15.2. The summed E-state index contributed by atoms with van der Waals surface area (Å²) >= 11 is -2.33. The molecule has 0 radical (unpaired) electrons. The number of rotatable bonds is 14. The normalized spacial score (nSPS) is 11.3. The van der Waals surface area contributed by atoms with Crippen molar-refractivity contribution in [3.63, 3.8) is 0 Å². The molecule has 0 bridgehead atoms. The molecule has 0 aliphatic carbocycles. The third-order valence-electron chi connectivity index (χ3n) is 3.09. The summed E-state index contributed by atoms with van der Waals surface area (Å²) in [5.41, 5.74) is 0. The zero-order valence-corrected chi connectivity index (χ0v) is 18.1. The summed E-state index contributed by atoms with van der Waals surface area (Å²) in [5, 5.41) is 0. The molecule has 0 aliphatic heterocycles. The molecule has 0 aromatic carbocycles. The number of hydrogen-bond donors (Lipinski definition) is 0. The van der Waals surface area contributed by atoms with Gasteiger partial charge in [-0.1, -0.05) is 64.7 Å². The first kappa shape index (κ1) is 27.9. The predicted molar refractivity (Wildman–Crippen MR) is 88.9 cm³/mol. The second-order valence-corrected chi connectivity index (χ2v) is 5.63. The number of unbranched alkanes of at least 4 members (excludes halogenated alkanes) is 9. The topological polar surface area (TPSA) is 58.6 Å². The Balaban J connectivity index is -0.000000520. The molecule has 0 saturated heterocycles. The van der Waals surface area contributed by atoms with Gasteiger partial charge in [-0.15, -0.1) is 0 Å². The minimum Gasteiger partial charge on any atom is -0.750 e. The third kappa shape index (κ3) is 32.8. The van der Waals surface area contributed by atoms with Crippen molar-refractivity contribution in [1.82, 2.24) is 0 Å². The predicted octanol–water partition coefficient (Wildman–Crippen LogP) is 1.76. The van der Waals surface area contributed by atoms with Crippen LogP contribution in [-0.2, 0) is 20.3 Å². The first-order valence-electron chi connectivity index (χ1n) is 8.49. The van der Waals surface area contributed by atoms with Gasteiger partial charge in [0.05, 0.1) is 18.0 Å². The summed E-state index contributed by atoms with van der Waals surface area (Å²) < 4.78 is 29.3. The van der Waals surface area contributed by atoms with E-state index >= 15 is 0 Å². The Bertz CT molecular complexity index is 205. The smallest absolute Gasteiger partial charge is 0.750 e. The molecular weight excluding hydrogens is 311 g/mol. The molecule has 0 aliphatic rings. The van der Waals surface area contributed by atoms with E-state index in [1.807, 2.05) is 13.8 Å². The fourth-order valence-electron chi connectivity index (χ4n) is 1.92. The van der Waals surface area contributed by atoms with E-state index in [0.717, 1.165) is 26.1 Å². The Labute approximate surface area is 162 Å². The largest absolute Gasteiger partial charge is 1.00 e. The molecule has 1 unspecified atom stereocenters. The van der Waals surface area contributed by atoms with Crippen molar-refractivity contribution in [2.45, 2.75) is 85.0 Å². The van der Waals surface area contributed by atoms with E-state index in [-0.39, 0.29) is 29.6 Å². The van der Waals surface area contributed by atoms with Crippen molar-refractivity contribution in [2.24, 2.45) is 0 Å². The van der Waals surface area contributed by atoms with Crippen LogP contribution in [0.5, 0.6) is 0 Å². The van der Waals surface area contributed by atoms with Crippen LogP contribution in [0.25, 0.3) is 0 Å². The van der Waals surface area contributed by atoms with Crippen LogP contribution < -0.4 is 29.6 Å². The molecule has 1 atom stereocenters. The molecule has 0 heterocycles. The molecule has 0 aromatic rings. The van der Waals surface area contributed by atoms with Crippen LogP contribution in [0.4, 0.5) is 0 Å². The van der Waals surface area contributed by atoms with Crippen molar-refractivity contribution in [3.05, 3.63) is 0 Å². The Kier molecular flexibility index (Phi) is 34.1. The quantitative estimate of drug-likeness (QED) is 0.273. The minimum absolute atomic E-state index is 0. The number of hydrogen-bond acceptors (Lipinski definition) is 4. The maximum Gasteiger partial charge on any atom is 1.00 e. The third-order valence-corrected chi connectivity index (χ3v) is 3.44. The summed E-state index contributed by atoms with van der Waals surface area (Å²) in [7, 11) is 0. The zero-order chi connectivity index (χ0) is 16.2. The Morgan fingerprint density at radius 2 is 1.18 bits per heavy atom. The van der Waals surface area contributed by atoms with Gasteiger partial charge in [0, 0.05) is 13.2 Å². The van der Waals surface area contributed by atoms with Crippen LogP contribution in [0.15, 0.2) is 0 Å². The first-order valence-corrected chi connectivity index (χ1v) is 9.49. The molecule has 0 N–H and O–H groups in total. The molecule has 0 saturated carbocycles. The van der Waals surface area contributed by atoms with Gasteiger partial charge in [-0.2, -0.15) is 0 Å². The van der Waals surface area contributed by atoms with E-state index in [9.17, 15) is 8.76 Å². The van der Waals surface area contributed by atoms with Crippen LogP contribution in [0, 0.1) is 0 Å². The van der Waals surface area contributed by atoms with Gasteiger partial charge in [0.15, 0.2) is 0 Å². The van der Waals surface area contributed by atoms with Crippen LogP contribution in [-0.4, -0.2) is 28.6 Å². The van der Waals surface area contributed by atoms with Gasteiger partial charge in [0.2, 0.25) is 0 Å². The van der Waals surface area contributed by atoms with Gasteiger partial charge < -0.3 is 13.5 Å². The molecular formula is C16H35NaO4S. The first-order chi connectivity index (χ1) is 10.2. The maximum absolute atomic E-state index is 10.0. The standard InChI is InChI=1S/C12H26O3S.C4H10O.Na/c1-2-3-4-5-6-7-8-9-10-11-12-15-16(13)14;1-3-5-4-2;/h2-12H2,1H3,(H,13,14);3-4H2,1-2H3;/q;;+1/p-1. The van der Waals surface area contributed by atoms with Gasteiger partial charge in [0.25, 0.3) is 0 Å². The second kappa shape index (κ2) is 26.9. The molecule has 0 spiro atoms. The van der Waals surface area contributed by atoms with Crippen molar-refractivity contribution < 1.29 is 47.2 Å². The minimum atomic E-state index is -2.33. The van der Waals surface area contributed by atoms with Crippen molar-refractivity contribution >= 4 is 11.4 Å². The van der Waals surface area contributed by atoms with Gasteiger partial charge in [-0.05, 0) is 20.3 Å². The van der Waals surface area contributed by atoms with E-state index in [4.69, 9.17) is 4.74 Å². The SMILES string of the molecule is CCCCCCCCCCCCOS(=O)[O-].CCOCC.[Na+]. The van der Waals surface area contributed by atoms with Crippen LogP contribution in [0.1, 0.15) is 85.0 Å². The van der Waals surface area contributed by atoms with Crippen molar-refractivity contribution in [2.75, 3.05) is 19.8 Å². The van der Waals surface area contributed by atoms with E-state index in [2.05, 4.69) is 11.1 Å². The van der Waals surface area contributed by atoms with Crippen molar-refractivity contribution in [3.8, 4) is 0 Å². The van der Waals surface area contributed by atoms with E-state index in [1.54, 1.807) is 0 Å². The maximum atomic E-state index is 10.0. The fourth-order valence-corrected chi connectivity index (χ4v) is 2.17. The van der Waals surface area contributed by atoms with Gasteiger partial charge >= 0.3 is 29.6 Å². The summed E-state index contributed by atoms with van der Waals surface area (Å²) in [4.78, 5) is 0. The molecule has 0 amide bonds. The molecule has 22 heavy (non-hydrogen) atoms. The number of ether oxygens (including phenoxy) is 1. The Morgan fingerprint density at radius 1 is 0.773 bits per heavy atom. The summed E-state index contributed by atoms with van der Waals surface area (Å²) in [6.07, 6.45) is 12.5. The Hall–Kier alpha value is 1.03. The average Bonchev–Trinajstić information content (AvgIpc) is 2.46. The van der Waals surface area contributed by atoms with E-state index < -0.39 is 11.4 Å². The van der Waals surface area contributed by atoms with Gasteiger partial charge in [0.1, 0.15) is 0 Å². The van der Waals surface area contributed by atoms with E-state index in [0.29, 0.717) is 6.61 Å². The molecule has 0 fully saturated rings. The van der Waals surface area contributed by atoms with Gasteiger partial charge in [-0.3, -0.25) is 0 Å². The van der Waals surface area contributed by atoms with Crippen LogP contribution >= 0.6 is 0 Å². The van der Waals surface area contributed by atoms with E-state index in [1.165, 1.54) is 51.4 Å². The van der Waals surface area contributed by atoms with Crippen molar-refractivity contribution in [1.29, 1.82) is 0 Å². The molecule has 4 nitrogen and oxygen atoms in total. The molecule has 0 aromatic heterocycles. The van der Waals surface area contributed by atoms with Gasteiger partial charge in [-0.25, -0.2) is 4.21 Å². The van der Waals surface area contributed by atoms with Crippen LogP contribution in [0.3, 0.4) is 0 Å². The summed E-state index contributed by atoms with van der Waals surface area (Å²) in [6, 6.07) is 0. The Morgan fingerprint density at radius 3 is 1.50 bits per heavy atom. The summed E-state index contributed by atoms with van der Waals surface area (Å²) in [6.45, 7) is 8.24. The average molecular weight is 347 g/mol. The molecule has 0 rings (SSSR count). The monoisotopic (exact) mass is 346 g/mol. The summed E-state index contributed by atoms with van der Waals surface area (Å²) in [5.74, 6) is 0. The van der Waals surface area contributed by atoms with Crippen LogP contribution in [0.2, 0.25) is 0 Å².